The third kappa shape index (κ3) is 3.90. The van der Waals surface area contributed by atoms with Crippen LogP contribution in [-0.2, 0) is 4.79 Å². The van der Waals surface area contributed by atoms with Crippen LogP contribution in [0.5, 0.6) is 5.75 Å². The summed E-state index contributed by atoms with van der Waals surface area (Å²) in [5, 5.41) is 4.10. The molecule has 0 N–H and O–H groups in total. The zero-order valence-electron chi connectivity index (χ0n) is 14.0. The Morgan fingerprint density at radius 3 is 2.83 bits per heavy atom. The van der Waals surface area contributed by atoms with Crippen LogP contribution in [0, 0.1) is 0 Å². The van der Waals surface area contributed by atoms with Crippen LogP contribution >= 0.6 is 11.8 Å². The fraction of sp³-hybridized carbons (Fsp3) is 0.471. The van der Waals surface area contributed by atoms with Crippen LogP contribution in [0.4, 0.5) is 0 Å². The summed E-state index contributed by atoms with van der Waals surface area (Å²) in [4.78, 5) is 19.8. The molecule has 0 bridgehead atoms. The molecular weight excluding hydrogens is 324 g/mol. The normalized spacial score (nSPS) is 19.1. The van der Waals surface area contributed by atoms with Crippen molar-refractivity contribution in [3.8, 4) is 5.75 Å². The maximum atomic E-state index is 12.8. The van der Waals surface area contributed by atoms with Crippen LogP contribution < -0.4 is 4.74 Å². The van der Waals surface area contributed by atoms with Crippen LogP contribution in [-0.4, -0.2) is 51.0 Å². The summed E-state index contributed by atoms with van der Waals surface area (Å²) in [5.74, 6) is 1.01. The van der Waals surface area contributed by atoms with Crippen molar-refractivity contribution < 1.29 is 9.53 Å². The first-order valence-electron chi connectivity index (χ1n) is 8.11. The molecule has 0 unspecified atom stereocenters. The van der Waals surface area contributed by atoms with Crippen molar-refractivity contribution in [2.24, 2.45) is 0 Å². The largest absolute Gasteiger partial charge is 0.497 e. The molecule has 7 heteroatoms. The maximum Gasteiger partial charge on any atom is 0.235 e. The quantitative estimate of drug-likeness (QED) is 0.779. The lowest BCUT2D eigenvalue weighted by molar-refractivity contribution is -0.132. The Kier molecular flexibility index (Phi) is 5.40. The second kappa shape index (κ2) is 7.70. The standard InChI is InChI=1S/C17H22N4O2S/c1-13(24-16-7-5-15(23-2)6-8-16)17(22)20-9-3-4-14(10-20)21-12-18-11-19-21/h5-8,11-14H,3-4,9-10H2,1-2H3/t13-,14-/m1/s1. The summed E-state index contributed by atoms with van der Waals surface area (Å²) < 4.78 is 7.03. The van der Waals surface area contributed by atoms with Crippen molar-refractivity contribution in [3.63, 3.8) is 0 Å². The van der Waals surface area contributed by atoms with E-state index in [1.54, 1.807) is 31.5 Å². The summed E-state index contributed by atoms with van der Waals surface area (Å²) in [6, 6.07) is 8.04. The van der Waals surface area contributed by atoms with E-state index in [2.05, 4.69) is 10.1 Å². The number of likely N-dealkylation sites (tertiary alicyclic amines) is 1. The van der Waals surface area contributed by atoms with Gasteiger partial charge in [0.1, 0.15) is 18.4 Å². The summed E-state index contributed by atoms with van der Waals surface area (Å²) in [6.45, 7) is 3.49. The van der Waals surface area contributed by atoms with Crippen LogP contribution in [0.15, 0.2) is 41.8 Å². The van der Waals surface area contributed by atoms with Gasteiger partial charge in [-0.1, -0.05) is 0 Å². The number of methoxy groups -OCH3 is 1. The Labute approximate surface area is 146 Å². The molecule has 1 aliphatic heterocycles. The average molecular weight is 346 g/mol. The predicted octanol–water partition coefficient (Wildman–Crippen LogP) is 2.63. The lowest BCUT2D eigenvalue weighted by Crippen LogP contribution is -2.44. The number of aromatic nitrogens is 3. The molecule has 6 nitrogen and oxygen atoms in total. The summed E-state index contributed by atoms with van der Waals surface area (Å²) in [6.07, 6.45) is 5.31. The lowest BCUT2D eigenvalue weighted by Gasteiger charge is -2.34. The van der Waals surface area contributed by atoms with E-state index in [-0.39, 0.29) is 17.2 Å². The molecule has 1 amide bonds. The number of hydrogen-bond acceptors (Lipinski definition) is 5. The van der Waals surface area contributed by atoms with Crippen molar-refractivity contribution in [1.29, 1.82) is 0 Å². The van der Waals surface area contributed by atoms with E-state index in [1.165, 1.54) is 0 Å². The number of nitrogens with zero attached hydrogens (tertiary/aromatic N) is 4. The molecule has 1 aromatic heterocycles. The molecule has 1 aromatic carbocycles. The number of hydrogen-bond donors (Lipinski definition) is 0. The number of ether oxygens (including phenoxy) is 1. The van der Waals surface area contributed by atoms with Gasteiger partial charge in [-0.05, 0) is 44.0 Å². The zero-order valence-corrected chi connectivity index (χ0v) is 14.8. The van der Waals surface area contributed by atoms with E-state index in [4.69, 9.17) is 4.74 Å². The summed E-state index contributed by atoms with van der Waals surface area (Å²) in [7, 11) is 1.65. The van der Waals surface area contributed by atoms with Crippen molar-refractivity contribution >= 4 is 17.7 Å². The predicted molar refractivity (Wildman–Crippen MR) is 93.2 cm³/mol. The van der Waals surface area contributed by atoms with E-state index in [0.29, 0.717) is 6.54 Å². The van der Waals surface area contributed by atoms with E-state index in [0.717, 1.165) is 30.0 Å². The molecule has 0 saturated carbocycles. The van der Waals surface area contributed by atoms with Crippen molar-refractivity contribution in [2.45, 2.75) is 36.0 Å². The lowest BCUT2D eigenvalue weighted by atomic mass is 10.1. The smallest absolute Gasteiger partial charge is 0.235 e. The minimum Gasteiger partial charge on any atom is -0.497 e. The minimum atomic E-state index is -0.118. The number of carbonyl (C=O) groups is 1. The highest BCUT2D eigenvalue weighted by molar-refractivity contribution is 8.00. The topological polar surface area (TPSA) is 60.2 Å². The summed E-state index contributed by atoms with van der Waals surface area (Å²) >= 11 is 1.58. The molecule has 2 aromatic rings. The van der Waals surface area contributed by atoms with Gasteiger partial charge in [0.15, 0.2) is 0 Å². The van der Waals surface area contributed by atoms with E-state index < -0.39 is 0 Å². The van der Waals surface area contributed by atoms with Gasteiger partial charge >= 0.3 is 0 Å². The first kappa shape index (κ1) is 16.8. The second-order valence-corrected chi connectivity index (χ2v) is 7.31. The molecular formula is C17H22N4O2S. The zero-order chi connectivity index (χ0) is 16.9. The van der Waals surface area contributed by atoms with E-state index >= 15 is 0 Å². The number of amides is 1. The molecule has 1 saturated heterocycles. The maximum absolute atomic E-state index is 12.8. The van der Waals surface area contributed by atoms with Gasteiger partial charge < -0.3 is 9.64 Å². The van der Waals surface area contributed by atoms with Crippen molar-refractivity contribution in [1.82, 2.24) is 19.7 Å². The molecule has 128 valence electrons. The summed E-state index contributed by atoms with van der Waals surface area (Å²) in [5.41, 5.74) is 0. The second-order valence-electron chi connectivity index (χ2n) is 5.89. The average Bonchev–Trinajstić information content (AvgIpc) is 3.16. The van der Waals surface area contributed by atoms with Gasteiger partial charge in [-0.15, -0.1) is 11.8 Å². The molecule has 1 aliphatic rings. The number of thioether (sulfide) groups is 1. The monoisotopic (exact) mass is 346 g/mol. The Bertz CT molecular complexity index is 660. The van der Waals surface area contributed by atoms with Crippen LogP contribution in [0.25, 0.3) is 0 Å². The third-order valence-corrected chi connectivity index (χ3v) is 5.34. The van der Waals surface area contributed by atoms with E-state index in [9.17, 15) is 4.79 Å². The first-order chi connectivity index (χ1) is 11.7. The Balaban J connectivity index is 1.59. The van der Waals surface area contributed by atoms with Crippen LogP contribution in [0.1, 0.15) is 25.8 Å². The van der Waals surface area contributed by atoms with Crippen molar-refractivity contribution in [2.75, 3.05) is 20.2 Å². The number of piperidine rings is 1. The SMILES string of the molecule is COc1ccc(S[C@H](C)C(=O)N2CCC[C@@H](n3cncn3)C2)cc1. The number of benzene rings is 1. The molecule has 2 heterocycles. The third-order valence-electron chi connectivity index (χ3n) is 4.24. The van der Waals surface area contributed by atoms with Crippen LogP contribution in [0.2, 0.25) is 0 Å². The van der Waals surface area contributed by atoms with E-state index in [1.807, 2.05) is 40.8 Å². The fourth-order valence-electron chi connectivity index (χ4n) is 2.94. The van der Waals surface area contributed by atoms with Gasteiger partial charge in [-0.3, -0.25) is 4.79 Å². The molecule has 3 rings (SSSR count). The van der Waals surface area contributed by atoms with Gasteiger partial charge in [0.05, 0.1) is 18.4 Å². The molecule has 0 aliphatic carbocycles. The number of carbonyl (C=O) groups excluding carboxylic acids is 1. The Morgan fingerprint density at radius 2 is 2.17 bits per heavy atom. The first-order valence-corrected chi connectivity index (χ1v) is 8.99. The molecule has 2 atom stereocenters. The van der Waals surface area contributed by atoms with Gasteiger partial charge in [0.25, 0.3) is 0 Å². The molecule has 0 spiro atoms. The molecule has 0 radical (unpaired) electrons. The highest BCUT2D eigenvalue weighted by atomic mass is 32.2. The van der Waals surface area contributed by atoms with Crippen molar-refractivity contribution in [3.05, 3.63) is 36.9 Å². The Hall–Kier alpha value is -2.02. The van der Waals surface area contributed by atoms with Gasteiger partial charge in [-0.2, -0.15) is 5.10 Å². The van der Waals surface area contributed by atoms with Gasteiger partial charge in [0.2, 0.25) is 5.91 Å². The fourth-order valence-corrected chi connectivity index (χ4v) is 3.89. The number of rotatable bonds is 5. The van der Waals surface area contributed by atoms with Gasteiger partial charge in [-0.25, -0.2) is 9.67 Å². The molecule has 24 heavy (non-hydrogen) atoms. The minimum absolute atomic E-state index is 0.118. The van der Waals surface area contributed by atoms with Crippen LogP contribution in [0.3, 0.4) is 0 Å². The van der Waals surface area contributed by atoms with Gasteiger partial charge in [0, 0.05) is 18.0 Å². The Morgan fingerprint density at radius 1 is 1.38 bits per heavy atom. The molecule has 1 fully saturated rings. The highest BCUT2D eigenvalue weighted by Gasteiger charge is 2.28. The highest BCUT2D eigenvalue weighted by Crippen LogP contribution is 2.28.